The van der Waals surface area contributed by atoms with Crippen molar-refractivity contribution in [2.45, 2.75) is 19.4 Å². The molecule has 0 saturated carbocycles. The fourth-order valence-corrected chi connectivity index (χ4v) is 2.55. The summed E-state index contributed by atoms with van der Waals surface area (Å²) in [5.74, 6) is 0.784. The van der Waals surface area contributed by atoms with E-state index in [2.05, 4.69) is 26.1 Å². The number of thiophene rings is 1. The molecule has 0 aliphatic heterocycles. The molecule has 1 atom stereocenters. The Labute approximate surface area is 99.1 Å². The van der Waals surface area contributed by atoms with E-state index in [1.165, 1.54) is 11.3 Å². The Morgan fingerprint density at radius 2 is 2.47 bits per heavy atom. The third kappa shape index (κ3) is 2.11. The first kappa shape index (κ1) is 10.8. The lowest BCUT2D eigenvalue weighted by Gasteiger charge is -1.97. The van der Waals surface area contributed by atoms with E-state index in [1.807, 2.05) is 18.4 Å². The molecule has 0 saturated heterocycles. The number of aliphatic hydroxyl groups is 1. The fraction of sp³-hybridized carbons (Fsp3) is 0.333. The van der Waals surface area contributed by atoms with Gasteiger partial charge in [-0.2, -0.15) is 4.98 Å². The summed E-state index contributed by atoms with van der Waals surface area (Å²) in [5.41, 5.74) is 0. The van der Waals surface area contributed by atoms with Gasteiger partial charge in [-0.25, -0.2) is 0 Å². The highest BCUT2D eigenvalue weighted by Crippen LogP contribution is 2.32. The zero-order chi connectivity index (χ0) is 10.8. The van der Waals surface area contributed by atoms with Crippen LogP contribution in [0.1, 0.15) is 25.3 Å². The fourth-order valence-electron chi connectivity index (χ4n) is 1.09. The van der Waals surface area contributed by atoms with Crippen molar-refractivity contribution >= 4 is 27.3 Å². The largest absolute Gasteiger partial charge is 0.385 e. The van der Waals surface area contributed by atoms with Gasteiger partial charge in [-0.3, -0.25) is 0 Å². The van der Waals surface area contributed by atoms with E-state index in [9.17, 15) is 5.11 Å². The average Bonchev–Trinajstić information content (AvgIpc) is 2.84. The first-order valence-electron chi connectivity index (χ1n) is 4.47. The predicted molar refractivity (Wildman–Crippen MR) is 60.6 cm³/mol. The van der Waals surface area contributed by atoms with Gasteiger partial charge in [0.05, 0.1) is 0 Å². The molecule has 1 unspecified atom stereocenters. The molecule has 0 radical (unpaired) electrons. The Balaban J connectivity index is 2.32. The molecule has 4 nitrogen and oxygen atoms in total. The quantitative estimate of drug-likeness (QED) is 0.943. The molecule has 2 aromatic rings. The van der Waals surface area contributed by atoms with Crippen LogP contribution in [0.5, 0.6) is 0 Å². The number of nitrogens with zero attached hydrogens (tertiary/aromatic N) is 2. The maximum absolute atomic E-state index is 9.52. The molecule has 0 aliphatic carbocycles. The van der Waals surface area contributed by atoms with Crippen LogP contribution in [0.15, 0.2) is 20.4 Å². The molecular formula is C9H9BrN2O2S. The van der Waals surface area contributed by atoms with Crippen molar-refractivity contribution in [2.75, 3.05) is 0 Å². The van der Waals surface area contributed by atoms with Gasteiger partial charge in [0.15, 0.2) is 0 Å². The Kier molecular flexibility index (Phi) is 3.18. The van der Waals surface area contributed by atoms with Crippen molar-refractivity contribution in [1.29, 1.82) is 0 Å². The molecule has 2 aromatic heterocycles. The first-order chi connectivity index (χ1) is 7.22. The van der Waals surface area contributed by atoms with Gasteiger partial charge in [0.1, 0.15) is 11.0 Å². The standard InChI is InChI=1S/C9H9BrN2O2S/c1-2-6(13)8-11-9(14-12-8)7-5(10)3-4-15-7/h3-4,6,13H,2H2,1H3. The van der Waals surface area contributed by atoms with Gasteiger partial charge in [0.2, 0.25) is 5.82 Å². The summed E-state index contributed by atoms with van der Waals surface area (Å²) in [4.78, 5) is 5.02. The number of rotatable bonds is 3. The summed E-state index contributed by atoms with van der Waals surface area (Å²) in [7, 11) is 0. The smallest absolute Gasteiger partial charge is 0.269 e. The van der Waals surface area contributed by atoms with Crippen LogP contribution in [0.2, 0.25) is 0 Å². The Morgan fingerprint density at radius 1 is 1.67 bits per heavy atom. The molecule has 15 heavy (non-hydrogen) atoms. The van der Waals surface area contributed by atoms with Gasteiger partial charge >= 0.3 is 0 Å². The van der Waals surface area contributed by atoms with Crippen molar-refractivity contribution in [3.63, 3.8) is 0 Å². The lowest BCUT2D eigenvalue weighted by Crippen LogP contribution is -1.97. The highest BCUT2D eigenvalue weighted by molar-refractivity contribution is 9.10. The van der Waals surface area contributed by atoms with Crippen LogP contribution in [0.3, 0.4) is 0 Å². The number of aromatic nitrogens is 2. The van der Waals surface area contributed by atoms with Crippen LogP contribution in [-0.2, 0) is 0 Å². The molecule has 0 spiro atoms. The van der Waals surface area contributed by atoms with E-state index < -0.39 is 6.10 Å². The van der Waals surface area contributed by atoms with Gasteiger partial charge in [-0.05, 0) is 33.8 Å². The molecule has 0 bridgehead atoms. The van der Waals surface area contributed by atoms with Crippen LogP contribution in [0, 0.1) is 0 Å². The molecule has 0 amide bonds. The maximum atomic E-state index is 9.52. The summed E-state index contributed by atoms with van der Waals surface area (Å²) in [6, 6.07) is 1.92. The maximum Gasteiger partial charge on any atom is 0.269 e. The van der Waals surface area contributed by atoms with E-state index in [4.69, 9.17) is 4.52 Å². The molecule has 80 valence electrons. The summed E-state index contributed by atoms with van der Waals surface area (Å²) in [6.45, 7) is 1.86. The predicted octanol–water partition coefficient (Wildman–Crippen LogP) is 3.00. The summed E-state index contributed by atoms with van der Waals surface area (Å²) in [5, 5.41) is 15.2. The van der Waals surface area contributed by atoms with E-state index in [1.54, 1.807) is 0 Å². The zero-order valence-electron chi connectivity index (χ0n) is 7.98. The van der Waals surface area contributed by atoms with Crippen LogP contribution in [-0.4, -0.2) is 15.2 Å². The van der Waals surface area contributed by atoms with Crippen molar-refractivity contribution in [1.82, 2.24) is 10.1 Å². The number of hydrogen-bond acceptors (Lipinski definition) is 5. The second kappa shape index (κ2) is 4.42. The third-order valence-electron chi connectivity index (χ3n) is 1.94. The van der Waals surface area contributed by atoms with Crippen LogP contribution >= 0.6 is 27.3 Å². The topological polar surface area (TPSA) is 59.2 Å². The van der Waals surface area contributed by atoms with Crippen molar-refractivity contribution in [3.05, 3.63) is 21.7 Å². The molecule has 0 aromatic carbocycles. The van der Waals surface area contributed by atoms with Crippen molar-refractivity contribution in [3.8, 4) is 10.8 Å². The summed E-state index contributed by atoms with van der Waals surface area (Å²) in [6.07, 6.45) is -0.0776. The molecule has 2 heterocycles. The molecule has 6 heteroatoms. The van der Waals surface area contributed by atoms with E-state index in [0.29, 0.717) is 18.1 Å². The number of hydrogen-bond donors (Lipinski definition) is 1. The van der Waals surface area contributed by atoms with Gasteiger partial charge in [-0.15, -0.1) is 11.3 Å². The van der Waals surface area contributed by atoms with Gasteiger partial charge in [0.25, 0.3) is 5.89 Å². The number of aliphatic hydroxyl groups excluding tert-OH is 1. The Hall–Kier alpha value is -0.720. The minimum atomic E-state index is -0.652. The number of halogens is 1. The van der Waals surface area contributed by atoms with Gasteiger partial charge < -0.3 is 9.63 Å². The lowest BCUT2D eigenvalue weighted by molar-refractivity contribution is 0.159. The van der Waals surface area contributed by atoms with Crippen LogP contribution < -0.4 is 0 Å². The van der Waals surface area contributed by atoms with E-state index in [-0.39, 0.29) is 0 Å². The van der Waals surface area contributed by atoms with E-state index >= 15 is 0 Å². The first-order valence-corrected chi connectivity index (χ1v) is 6.14. The van der Waals surface area contributed by atoms with Gasteiger partial charge in [0, 0.05) is 4.47 Å². The second-order valence-corrected chi connectivity index (χ2v) is 4.75. The highest BCUT2D eigenvalue weighted by Gasteiger charge is 2.16. The van der Waals surface area contributed by atoms with Crippen molar-refractivity contribution in [2.24, 2.45) is 0 Å². The Morgan fingerprint density at radius 3 is 3.07 bits per heavy atom. The molecule has 0 fully saturated rings. The van der Waals surface area contributed by atoms with Crippen LogP contribution in [0.4, 0.5) is 0 Å². The molecule has 0 aliphatic rings. The zero-order valence-corrected chi connectivity index (χ0v) is 10.4. The minimum Gasteiger partial charge on any atom is -0.385 e. The monoisotopic (exact) mass is 288 g/mol. The third-order valence-corrected chi connectivity index (χ3v) is 3.76. The summed E-state index contributed by atoms with van der Waals surface area (Å²) >= 11 is 4.90. The van der Waals surface area contributed by atoms with Crippen LogP contribution in [0.25, 0.3) is 10.8 Å². The second-order valence-electron chi connectivity index (χ2n) is 2.98. The van der Waals surface area contributed by atoms with E-state index in [0.717, 1.165) is 9.35 Å². The van der Waals surface area contributed by atoms with Crippen molar-refractivity contribution < 1.29 is 9.63 Å². The van der Waals surface area contributed by atoms with Gasteiger partial charge in [-0.1, -0.05) is 12.1 Å². The normalized spacial score (nSPS) is 13.0. The molecule has 1 N–H and O–H groups in total. The minimum absolute atomic E-state index is 0.341. The highest BCUT2D eigenvalue weighted by atomic mass is 79.9. The molecule has 2 rings (SSSR count). The average molecular weight is 289 g/mol. The SMILES string of the molecule is CCC(O)c1noc(-c2sccc2Br)n1. The Bertz CT molecular complexity index is 454. The molecular weight excluding hydrogens is 280 g/mol. The lowest BCUT2D eigenvalue weighted by atomic mass is 10.3. The summed E-state index contributed by atoms with van der Waals surface area (Å²) < 4.78 is 6.00.